The van der Waals surface area contributed by atoms with E-state index in [1.807, 2.05) is 0 Å². The van der Waals surface area contributed by atoms with E-state index < -0.39 is 21.8 Å². The molecule has 1 aliphatic carbocycles. The molecule has 0 aliphatic heterocycles. The van der Waals surface area contributed by atoms with Crippen molar-refractivity contribution >= 4 is 16.0 Å². The van der Waals surface area contributed by atoms with Crippen molar-refractivity contribution in [3.8, 4) is 0 Å². The lowest BCUT2D eigenvalue weighted by atomic mass is 10.1. The number of nitrogens with zero attached hydrogens (tertiary/aromatic N) is 1. The predicted octanol–water partition coefficient (Wildman–Crippen LogP) is 1.86. The number of carboxylic acids is 1. The summed E-state index contributed by atoms with van der Waals surface area (Å²) in [7, 11) is -2.44. The summed E-state index contributed by atoms with van der Waals surface area (Å²) in [5.74, 6) is -1.84. The topological polar surface area (TPSA) is 74.7 Å². The van der Waals surface area contributed by atoms with Gasteiger partial charge in [-0.05, 0) is 37.8 Å². The van der Waals surface area contributed by atoms with Gasteiger partial charge >= 0.3 is 5.97 Å². The SMILES string of the molecule is Cc1c(F)cc(C(=O)O)cc1S(=O)(=O)N(C)CC1CC1. The number of halogens is 1. The first kappa shape index (κ1) is 14.9. The number of carbonyl (C=O) groups is 1. The minimum absolute atomic E-state index is 0.0577. The van der Waals surface area contributed by atoms with Crippen molar-refractivity contribution in [3.63, 3.8) is 0 Å². The lowest BCUT2D eigenvalue weighted by Crippen LogP contribution is -2.30. The fourth-order valence-corrected chi connectivity index (χ4v) is 3.48. The molecule has 1 aliphatic rings. The average molecular weight is 301 g/mol. The zero-order chi connectivity index (χ0) is 15.1. The highest BCUT2D eigenvalue weighted by molar-refractivity contribution is 7.89. The Kier molecular flexibility index (Phi) is 3.84. The van der Waals surface area contributed by atoms with Crippen LogP contribution in [0.2, 0.25) is 0 Å². The standard InChI is InChI=1S/C13H16FNO4S/c1-8-11(14)5-10(13(16)17)6-12(8)20(18,19)15(2)7-9-3-4-9/h5-6,9H,3-4,7H2,1-2H3,(H,16,17). The molecular formula is C13H16FNO4S. The molecule has 0 heterocycles. The van der Waals surface area contributed by atoms with E-state index in [0.29, 0.717) is 12.5 Å². The summed E-state index contributed by atoms with van der Waals surface area (Å²) >= 11 is 0. The van der Waals surface area contributed by atoms with Gasteiger partial charge in [-0.3, -0.25) is 0 Å². The number of hydrogen-bond donors (Lipinski definition) is 1. The summed E-state index contributed by atoms with van der Waals surface area (Å²) in [6, 6.07) is 1.84. The van der Waals surface area contributed by atoms with Crippen molar-refractivity contribution < 1.29 is 22.7 Å². The smallest absolute Gasteiger partial charge is 0.335 e. The van der Waals surface area contributed by atoms with Gasteiger partial charge in [-0.15, -0.1) is 0 Å². The molecule has 0 saturated heterocycles. The van der Waals surface area contributed by atoms with E-state index in [1.165, 1.54) is 14.0 Å². The van der Waals surface area contributed by atoms with E-state index in [4.69, 9.17) is 5.11 Å². The van der Waals surface area contributed by atoms with Gasteiger partial charge in [-0.2, -0.15) is 0 Å². The maximum Gasteiger partial charge on any atom is 0.335 e. The molecule has 0 radical (unpaired) electrons. The number of aromatic carboxylic acids is 1. The average Bonchev–Trinajstić information content (AvgIpc) is 3.15. The van der Waals surface area contributed by atoms with Crippen LogP contribution in [-0.2, 0) is 10.0 Å². The van der Waals surface area contributed by atoms with Gasteiger partial charge in [-0.25, -0.2) is 21.9 Å². The Labute approximate surface area is 117 Å². The first-order valence-corrected chi connectivity index (χ1v) is 7.67. The predicted molar refractivity (Wildman–Crippen MR) is 70.6 cm³/mol. The molecule has 0 spiro atoms. The van der Waals surface area contributed by atoms with Gasteiger partial charge in [0.1, 0.15) is 5.82 Å². The summed E-state index contributed by atoms with van der Waals surface area (Å²) in [6.07, 6.45) is 1.98. The molecule has 0 atom stereocenters. The summed E-state index contributed by atoms with van der Waals surface area (Å²) in [5, 5.41) is 8.91. The maximum absolute atomic E-state index is 13.7. The van der Waals surface area contributed by atoms with Crippen molar-refractivity contribution in [3.05, 3.63) is 29.1 Å². The van der Waals surface area contributed by atoms with E-state index >= 15 is 0 Å². The first-order chi connectivity index (χ1) is 9.23. The first-order valence-electron chi connectivity index (χ1n) is 6.23. The lowest BCUT2D eigenvalue weighted by Gasteiger charge is -2.18. The van der Waals surface area contributed by atoms with Crippen LogP contribution >= 0.6 is 0 Å². The van der Waals surface area contributed by atoms with Crippen LogP contribution in [-0.4, -0.2) is 37.4 Å². The number of carboxylic acid groups (broad SMARTS) is 1. The Hall–Kier alpha value is -1.47. The molecule has 0 amide bonds. The molecular weight excluding hydrogens is 285 g/mol. The van der Waals surface area contributed by atoms with Gasteiger partial charge in [0.25, 0.3) is 0 Å². The third-order valence-corrected chi connectivity index (χ3v) is 5.39. The fraction of sp³-hybridized carbons (Fsp3) is 0.462. The number of benzene rings is 1. The highest BCUT2D eigenvalue weighted by Gasteiger charge is 2.31. The van der Waals surface area contributed by atoms with Gasteiger partial charge in [-0.1, -0.05) is 0 Å². The molecule has 1 fully saturated rings. The second-order valence-electron chi connectivity index (χ2n) is 5.12. The molecule has 1 saturated carbocycles. The molecule has 0 bridgehead atoms. The molecule has 110 valence electrons. The molecule has 7 heteroatoms. The Morgan fingerprint density at radius 3 is 2.55 bits per heavy atom. The third kappa shape index (κ3) is 2.83. The van der Waals surface area contributed by atoms with Gasteiger partial charge in [0.2, 0.25) is 10.0 Å². The quantitative estimate of drug-likeness (QED) is 0.901. The van der Waals surface area contributed by atoms with E-state index in [2.05, 4.69) is 0 Å². The van der Waals surface area contributed by atoms with Crippen LogP contribution < -0.4 is 0 Å². The zero-order valence-electron chi connectivity index (χ0n) is 11.3. The van der Waals surface area contributed by atoms with Crippen LogP contribution in [0.15, 0.2) is 17.0 Å². The van der Waals surface area contributed by atoms with Crippen LogP contribution in [0, 0.1) is 18.7 Å². The van der Waals surface area contributed by atoms with Crippen LogP contribution in [0.5, 0.6) is 0 Å². The number of rotatable bonds is 5. The Balaban J connectivity index is 2.46. The molecule has 0 aromatic heterocycles. The van der Waals surface area contributed by atoms with E-state index in [-0.39, 0.29) is 16.0 Å². The Bertz CT molecular complexity index is 653. The third-order valence-electron chi connectivity index (χ3n) is 3.44. The molecule has 1 aromatic rings. The van der Waals surface area contributed by atoms with Crippen molar-refractivity contribution in [1.82, 2.24) is 4.31 Å². The van der Waals surface area contributed by atoms with Crippen molar-refractivity contribution in [2.45, 2.75) is 24.7 Å². The zero-order valence-corrected chi connectivity index (χ0v) is 12.1. The molecule has 1 N–H and O–H groups in total. The minimum Gasteiger partial charge on any atom is -0.478 e. The van der Waals surface area contributed by atoms with Crippen LogP contribution in [0.1, 0.15) is 28.8 Å². The van der Waals surface area contributed by atoms with Crippen LogP contribution in [0.4, 0.5) is 4.39 Å². The Morgan fingerprint density at radius 2 is 2.05 bits per heavy atom. The molecule has 5 nitrogen and oxygen atoms in total. The number of sulfonamides is 1. The van der Waals surface area contributed by atoms with Crippen LogP contribution in [0.3, 0.4) is 0 Å². The molecule has 0 unspecified atom stereocenters. The lowest BCUT2D eigenvalue weighted by molar-refractivity contribution is 0.0696. The molecule has 2 rings (SSSR count). The highest BCUT2D eigenvalue weighted by atomic mass is 32.2. The van der Waals surface area contributed by atoms with E-state index in [0.717, 1.165) is 29.3 Å². The summed E-state index contributed by atoms with van der Waals surface area (Å²) in [6.45, 7) is 1.71. The van der Waals surface area contributed by atoms with Crippen molar-refractivity contribution in [1.29, 1.82) is 0 Å². The van der Waals surface area contributed by atoms with Crippen molar-refractivity contribution in [2.75, 3.05) is 13.6 Å². The van der Waals surface area contributed by atoms with Gasteiger partial charge in [0.15, 0.2) is 0 Å². The fourth-order valence-electron chi connectivity index (χ4n) is 1.98. The summed E-state index contributed by atoms with van der Waals surface area (Å²) < 4.78 is 39.7. The molecule has 1 aromatic carbocycles. The molecule has 20 heavy (non-hydrogen) atoms. The number of hydrogen-bond acceptors (Lipinski definition) is 3. The minimum atomic E-state index is -3.87. The monoisotopic (exact) mass is 301 g/mol. The van der Waals surface area contributed by atoms with Crippen molar-refractivity contribution in [2.24, 2.45) is 5.92 Å². The largest absolute Gasteiger partial charge is 0.478 e. The highest BCUT2D eigenvalue weighted by Crippen LogP contribution is 2.32. The van der Waals surface area contributed by atoms with Crippen LogP contribution in [0.25, 0.3) is 0 Å². The van der Waals surface area contributed by atoms with Gasteiger partial charge in [0.05, 0.1) is 10.5 Å². The van der Waals surface area contributed by atoms with Gasteiger partial charge < -0.3 is 5.11 Å². The summed E-state index contributed by atoms with van der Waals surface area (Å²) in [4.78, 5) is 10.6. The Morgan fingerprint density at radius 1 is 1.45 bits per heavy atom. The second kappa shape index (κ2) is 5.14. The van der Waals surface area contributed by atoms with E-state index in [1.54, 1.807) is 0 Å². The maximum atomic E-state index is 13.7. The summed E-state index contributed by atoms with van der Waals surface area (Å²) in [5.41, 5.74) is -0.427. The van der Waals surface area contributed by atoms with Gasteiger partial charge in [0, 0.05) is 19.2 Å². The second-order valence-corrected chi connectivity index (χ2v) is 7.13. The van der Waals surface area contributed by atoms with E-state index in [9.17, 15) is 17.6 Å². The normalized spacial score (nSPS) is 15.6.